The second-order valence-corrected chi connectivity index (χ2v) is 5.70. The Hall–Kier alpha value is -0.410. The van der Waals surface area contributed by atoms with Crippen molar-refractivity contribution in [2.75, 3.05) is 7.05 Å². The lowest BCUT2D eigenvalue weighted by molar-refractivity contribution is 0.278. The first-order valence-electron chi connectivity index (χ1n) is 5.22. The maximum absolute atomic E-state index is 4.39. The van der Waals surface area contributed by atoms with Crippen molar-refractivity contribution in [1.82, 2.24) is 10.3 Å². The van der Waals surface area contributed by atoms with E-state index < -0.39 is 0 Å². The summed E-state index contributed by atoms with van der Waals surface area (Å²) in [6.45, 7) is 6.72. The highest BCUT2D eigenvalue weighted by Crippen LogP contribution is 2.24. The maximum Gasteiger partial charge on any atom is 0.0561 e. The molecule has 0 amide bonds. The molecule has 0 radical (unpaired) electrons. The number of hydrogen-bond acceptors (Lipinski definition) is 2. The fraction of sp³-hybridized carbons (Fsp3) is 0.583. The third kappa shape index (κ3) is 3.58. The van der Waals surface area contributed by atoms with Crippen molar-refractivity contribution in [3.63, 3.8) is 0 Å². The van der Waals surface area contributed by atoms with Gasteiger partial charge >= 0.3 is 0 Å². The molecule has 0 saturated heterocycles. The van der Waals surface area contributed by atoms with Crippen LogP contribution >= 0.6 is 15.9 Å². The third-order valence-corrected chi connectivity index (χ3v) is 3.35. The van der Waals surface area contributed by atoms with Crippen LogP contribution in [0.4, 0.5) is 0 Å². The summed E-state index contributed by atoms with van der Waals surface area (Å²) in [4.78, 5) is 4.39. The zero-order chi connectivity index (χ0) is 11.5. The summed E-state index contributed by atoms with van der Waals surface area (Å²) in [6, 6.07) is 4.42. The van der Waals surface area contributed by atoms with Gasteiger partial charge in [0.2, 0.25) is 0 Å². The molecule has 1 unspecified atom stereocenters. The van der Waals surface area contributed by atoms with Crippen molar-refractivity contribution in [2.45, 2.75) is 33.2 Å². The van der Waals surface area contributed by atoms with Gasteiger partial charge in [-0.15, -0.1) is 0 Å². The maximum atomic E-state index is 4.39. The molecule has 0 aliphatic carbocycles. The Bertz CT molecular complexity index is 318. The molecule has 84 valence electrons. The van der Waals surface area contributed by atoms with Crippen LogP contribution in [0.15, 0.2) is 22.8 Å². The lowest BCUT2D eigenvalue weighted by Crippen LogP contribution is -2.40. The van der Waals surface area contributed by atoms with Crippen molar-refractivity contribution in [3.05, 3.63) is 28.5 Å². The van der Waals surface area contributed by atoms with Crippen LogP contribution in [0.2, 0.25) is 0 Å². The molecule has 1 heterocycles. The van der Waals surface area contributed by atoms with E-state index in [1.54, 1.807) is 0 Å². The molecular weight excluding hydrogens is 252 g/mol. The van der Waals surface area contributed by atoms with Crippen LogP contribution in [0.5, 0.6) is 0 Å². The summed E-state index contributed by atoms with van der Waals surface area (Å²) < 4.78 is 1.09. The lowest BCUT2D eigenvalue weighted by Gasteiger charge is -2.30. The molecular formula is C12H19BrN2. The van der Waals surface area contributed by atoms with Crippen LogP contribution in [0, 0.1) is 5.41 Å². The molecule has 1 rings (SSSR count). The number of pyridine rings is 1. The fourth-order valence-electron chi connectivity index (χ4n) is 1.60. The van der Waals surface area contributed by atoms with Gasteiger partial charge in [-0.25, -0.2) is 0 Å². The van der Waals surface area contributed by atoms with E-state index in [1.807, 2.05) is 25.4 Å². The van der Waals surface area contributed by atoms with E-state index in [9.17, 15) is 0 Å². The summed E-state index contributed by atoms with van der Waals surface area (Å²) >= 11 is 3.53. The van der Waals surface area contributed by atoms with E-state index in [-0.39, 0.29) is 5.41 Å². The van der Waals surface area contributed by atoms with Crippen LogP contribution in [0.25, 0.3) is 0 Å². The molecule has 2 nitrogen and oxygen atoms in total. The smallest absolute Gasteiger partial charge is 0.0561 e. The Labute approximate surface area is 101 Å². The highest BCUT2D eigenvalue weighted by atomic mass is 79.9. The second kappa shape index (κ2) is 5.08. The van der Waals surface area contributed by atoms with Crippen molar-refractivity contribution in [3.8, 4) is 0 Å². The second-order valence-electron chi connectivity index (χ2n) is 4.84. The van der Waals surface area contributed by atoms with Crippen molar-refractivity contribution < 1.29 is 0 Å². The van der Waals surface area contributed by atoms with Gasteiger partial charge in [0.05, 0.1) is 5.69 Å². The fourth-order valence-corrected chi connectivity index (χ4v) is 2.02. The molecule has 0 saturated carbocycles. The number of nitrogens with zero attached hydrogens (tertiary/aromatic N) is 1. The number of nitrogens with one attached hydrogen (secondary N) is 1. The number of halogens is 1. The van der Waals surface area contributed by atoms with Gasteiger partial charge in [0.1, 0.15) is 0 Å². The van der Waals surface area contributed by atoms with Crippen LogP contribution in [-0.4, -0.2) is 18.1 Å². The average Bonchev–Trinajstić information content (AvgIpc) is 2.14. The number of hydrogen-bond donors (Lipinski definition) is 1. The molecule has 1 N–H and O–H groups in total. The van der Waals surface area contributed by atoms with Crippen LogP contribution in [0.3, 0.4) is 0 Å². The highest BCUT2D eigenvalue weighted by Gasteiger charge is 2.24. The average molecular weight is 271 g/mol. The summed E-state index contributed by atoms with van der Waals surface area (Å²) in [7, 11) is 2.01. The van der Waals surface area contributed by atoms with Gasteiger partial charge in [-0.05, 0) is 40.5 Å². The Morgan fingerprint density at radius 3 is 2.60 bits per heavy atom. The molecule has 3 heteroatoms. The van der Waals surface area contributed by atoms with Gasteiger partial charge in [-0.1, -0.05) is 20.8 Å². The monoisotopic (exact) mass is 270 g/mol. The molecule has 1 aromatic rings. The van der Waals surface area contributed by atoms with E-state index in [0.29, 0.717) is 6.04 Å². The summed E-state index contributed by atoms with van der Waals surface area (Å²) in [6.07, 6.45) is 2.79. The topological polar surface area (TPSA) is 24.9 Å². The Morgan fingerprint density at radius 2 is 2.13 bits per heavy atom. The molecule has 1 aromatic heterocycles. The van der Waals surface area contributed by atoms with E-state index in [0.717, 1.165) is 16.6 Å². The first-order chi connectivity index (χ1) is 6.95. The molecule has 0 spiro atoms. The minimum Gasteiger partial charge on any atom is -0.316 e. The third-order valence-electron chi connectivity index (χ3n) is 2.63. The largest absolute Gasteiger partial charge is 0.316 e. The number of aromatic nitrogens is 1. The predicted molar refractivity (Wildman–Crippen MR) is 67.9 cm³/mol. The number of rotatable bonds is 3. The molecule has 0 fully saturated rings. The Kier molecular flexibility index (Phi) is 4.29. The molecule has 15 heavy (non-hydrogen) atoms. The minimum absolute atomic E-state index is 0.242. The van der Waals surface area contributed by atoms with Gasteiger partial charge in [0, 0.05) is 23.1 Å². The van der Waals surface area contributed by atoms with E-state index in [1.165, 1.54) is 0 Å². The molecule has 0 aliphatic rings. The quantitative estimate of drug-likeness (QED) is 0.914. The molecule has 1 atom stereocenters. The van der Waals surface area contributed by atoms with Crippen LogP contribution < -0.4 is 5.32 Å². The van der Waals surface area contributed by atoms with Gasteiger partial charge in [0.15, 0.2) is 0 Å². The summed E-state index contributed by atoms with van der Waals surface area (Å²) in [5.74, 6) is 0. The lowest BCUT2D eigenvalue weighted by atomic mass is 9.84. The molecule has 0 aliphatic heterocycles. The van der Waals surface area contributed by atoms with Gasteiger partial charge in [-0.2, -0.15) is 0 Å². The minimum atomic E-state index is 0.242. The zero-order valence-electron chi connectivity index (χ0n) is 9.84. The number of likely N-dealkylation sites (N-methyl/N-ethyl adjacent to an activating group) is 1. The van der Waals surface area contributed by atoms with E-state index >= 15 is 0 Å². The molecule has 0 aromatic carbocycles. The van der Waals surface area contributed by atoms with Gasteiger partial charge < -0.3 is 5.32 Å². The van der Waals surface area contributed by atoms with Crippen molar-refractivity contribution >= 4 is 15.9 Å². The van der Waals surface area contributed by atoms with Gasteiger partial charge in [-0.3, -0.25) is 4.98 Å². The first-order valence-corrected chi connectivity index (χ1v) is 6.01. The first kappa shape index (κ1) is 12.7. The van der Waals surface area contributed by atoms with E-state index in [2.05, 4.69) is 47.0 Å². The van der Waals surface area contributed by atoms with Crippen LogP contribution in [-0.2, 0) is 6.42 Å². The van der Waals surface area contributed by atoms with E-state index in [4.69, 9.17) is 0 Å². The molecule has 0 bridgehead atoms. The zero-order valence-corrected chi connectivity index (χ0v) is 11.4. The van der Waals surface area contributed by atoms with Gasteiger partial charge in [0.25, 0.3) is 0 Å². The standard InChI is InChI=1S/C12H19BrN2/c1-12(2,3)11(14-4)8-10-9(13)6-5-7-15-10/h5-7,11,14H,8H2,1-4H3. The summed E-state index contributed by atoms with van der Waals surface area (Å²) in [5, 5.41) is 3.36. The van der Waals surface area contributed by atoms with Crippen molar-refractivity contribution in [2.24, 2.45) is 5.41 Å². The Balaban J connectivity index is 2.80. The predicted octanol–water partition coefficient (Wildman–Crippen LogP) is 3.02. The van der Waals surface area contributed by atoms with Crippen LogP contribution in [0.1, 0.15) is 26.5 Å². The normalized spacial score (nSPS) is 13.9. The highest BCUT2D eigenvalue weighted by molar-refractivity contribution is 9.10. The summed E-state index contributed by atoms with van der Waals surface area (Å²) in [5.41, 5.74) is 1.36. The SMILES string of the molecule is CNC(Cc1ncccc1Br)C(C)(C)C. The van der Waals surface area contributed by atoms with Crippen molar-refractivity contribution in [1.29, 1.82) is 0 Å². The Morgan fingerprint density at radius 1 is 1.47 bits per heavy atom.